The summed E-state index contributed by atoms with van der Waals surface area (Å²) in [6.45, 7) is 1.27. The summed E-state index contributed by atoms with van der Waals surface area (Å²) in [5.41, 5.74) is 0.917. The summed E-state index contributed by atoms with van der Waals surface area (Å²) in [5, 5.41) is 9.52. The van der Waals surface area contributed by atoms with Crippen molar-refractivity contribution in [3.8, 4) is 5.75 Å². The molecule has 1 aromatic rings. The van der Waals surface area contributed by atoms with Crippen molar-refractivity contribution >= 4 is 11.9 Å². The highest BCUT2D eigenvalue weighted by Crippen LogP contribution is 2.34. The Morgan fingerprint density at radius 2 is 2.00 bits per heavy atom. The Labute approximate surface area is 135 Å². The van der Waals surface area contributed by atoms with Gasteiger partial charge in [0.15, 0.2) is 0 Å². The van der Waals surface area contributed by atoms with Gasteiger partial charge in [-0.3, -0.25) is 9.59 Å². The fraction of sp³-hybridized carbons (Fsp3) is 0.529. The van der Waals surface area contributed by atoms with E-state index in [9.17, 15) is 14.7 Å². The third kappa shape index (κ3) is 3.17. The highest BCUT2D eigenvalue weighted by Gasteiger charge is 2.42. The second-order valence-corrected chi connectivity index (χ2v) is 6.07. The van der Waals surface area contributed by atoms with Gasteiger partial charge in [-0.25, -0.2) is 0 Å². The molecule has 2 aliphatic heterocycles. The first-order valence-electron chi connectivity index (χ1n) is 7.87. The summed E-state index contributed by atoms with van der Waals surface area (Å²) in [6, 6.07) is 7.39. The number of carboxylic acids is 1. The van der Waals surface area contributed by atoms with E-state index in [-0.39, 0.29) is 18.4 Å². The molecule has 2 fully saturated rings. The fourth-order valence-electron chi connectivity index (χ4n) is 3.40. The number of nitrogens with zero attached hydrogens (tertiary/aromatic N) is 1. The Hall–Kier alpha value is -2.08. The molecule has 1 amide bonds. The lowest BCUT2D eigenvalue weighted by atomic mass is 9.89. The first-order chi connectivity index (χ1) is 11.1. The molecular weight excluding hydrogens is 298 g/mol. The molecular formula is C17H21NO5. The Morgan fingerprint density at radius 3 is 2.57 bits per heavy atom. The second kappa shape index (κ2) is 6.58. The van der Waals surface area contributed by atoms with Crippen molar-refractivity contribution in [3.63, 3.8) is 0 Å². The molecule has 0 saturated carbocycles. The predicted octanol–water partition coefficient (Wildman–Crippen LogP) is 1.50. The molecule has 6 nitrogen and oxygen atoms in total. The van der Waals surface area contributed by atoms with E-state index >= 15 is 0 Å². The largest absolute Gasteiger partial charge is 0.497 e. The van der Waals surface area contributed by atoms with Gasteiger partial charge in [0.2, 0.25) is 0 Å². The van der Waals surface area contributed by atoms with Gasteiger partial charge in [0.1, 0.15) is 11.9 Å². The maximum Gasteiger partial charge on any atom is 0.308 e. The summed E-state index contributed by atoms with van der Waals surface area (Å²) >= 11 is 0. The van der Waals surface area contributed by atoms with Crippen LogP contribution in [0.4, 0.5) is 0 Å². The lowest BCUT2D eigenvalue weighted by Crippen LogP contribution is -2.37. The molecule has 2 saturated heterocycles. The lowest BCUT2D eigenvalue weighted by Gasteiger charge is -2.20. The van der Waals surface area contributed by atoms with E-state index in [2.05, 4.69) is 0 Å². The number of carbonyl (C=O) groups is 2. The summed E-state index contributed by atoms with van der Waals surface area (Å²) in [7, 11) is 1.59. The highest BCUT2D eigenvalue weighted by atomic mass is 16.5. The number of hydrogen-bond donors (Lipinski definition) is 1. The molecule has 0 aliphatic carbocycles. The maximum absolute atomic E-state index is 12.5. The van der Waals surface area contributed by atoms with Crippen LogP contribution < -0.4 is 4.74 Å². The van der Waals surface area contributed by atoms with Crippen molar-refractivity contribution in [2.75, 3.05) is 26.8 Å². The monoisotopic (exact) mass is 319 g/mol. The number of likely N-dealkylation sites (tertiary alicyclic amines) is 1. The van der Waals surface area contributed by atoms with Crippen LogP contribution >= 0.6 is 0 Å². The first kappa shape index (κ1) is 15.8. The van der Waals surface area contributed by atoms with Gasteiger partial charge in [-0.05, 0) is 30.5 Å². The van der Waals surface area contributed by atoms with E-state index in [0.717, 1.165) is 24.2 Å². The summed E-state index contributed by atoms with van der Waals surface area (Å²) in [6.07, 6.45) is 1.20. The van der Waals surface area contributed by atoms with Crippen LogP contribution in [0.25, 0.3) is 0 Å². The Morgan fingerprint density at radius 1 is 1.26 bits per heavy atom. The van der Waals surface area contributed by atoms with Gasteiger partial charge in [-0.15, -0.1) is 0 Å². The molecule has 2 heterocycles. The number of hydrogen-bond acceptors (Lipinski definition) is 4. The number of methoxy groups -OCH3 is 1. The maximum atomic E-state index is 12.5. The first-order valence-corrected chi connectivity index (χ1v) is 7.87. The van der Waals surface area contributed by atoms with Gasteiger partial charge in [0.05, 0.1) is 13.0 Å². The highest BCUT2D eigenvalue weighted by molar-refractivity contribution is 5.83. The van der Waals surface area contributed by atoms with Crippen LogP contribution in [0.1, 0.15) is 24.3 Å². The zero-order valence-electron chi connectivity index (χ0n) is 13.1. The van der Waals surface area contributed by atoms with Crippen LogP contribution in [0, 0.1) is 5.92 Å². The molecule has 0 radical (unpaired) electrons. The molecule has 3 rings (SSSR count). The molecule has 0 bridgehead atoms. The molecule has 1 aromatic carbocycles. The van der Waals surface area contributed by atoms with Crippen LogP contribution in [-0.2, 0) is 14.3 Å². The third-order valence-electron chi connectivity index (χ3n) is 4.70. The van der Waals surface area contributed by atoms with Crippen molar-refractivity contribution in [2.45, 2.75) is 24.9 Å². The normalized spacial score (nSPS) is 27.2. The van der Waals surface area contributed by atoms with Crippen molar-refractivity contribution in [3.05, 3.63) is 29.8 Å². The van der Waals surface area contributed by atoms with Crippen LogP contribution in [0.15, 0.2) is 24.3 Å². The Balaban J connectivity index is 1.77. The zero-order chi connectivity index (χ0) is 16.4. The predicted molar refractivity (Wildman–Crippen MR) is 82.4 cm³/mol. The molecule has 0 aromatic heterocycles. The third-order valence-corrected chi connectivity index (χ3v) is 4.70. The molecule has 124 valence electrons. The quantitative estimate of drug-likeness (QED) is 0.910. The Kier molecular flexibility index (Phi) is 4.52. The number of carboxylic acid groups (broad SMARTS) is 1. The average molecular weight is 319 g/mol. The minimum absolute atomic E-state index is 0.0789. The van der Waals surface area contributed by atoms with Gasteiger partial charge >= 0.3 is 5.97 Å². The summed E-state index contributed by atoms with van der Waals surface area (Å²) in [5.74, 6) is -1.01. The van der Waals surface area contributed by atoms with Crippen LogP contribution in [-0.4, -0.2) is 54.8 Å². The summed E-state index contributed by atoms with van der Waals surface area (Å²) < 4.78 is 10.6. The average Bonchev–Trinajstić information content (AvgIpc) is 3.24. The zero-order valence-corrected chi connectivity index (χ0v) is 13.1. The van der Waals surface area contributed by atoms with E-state index < -0.39 is 18.0 Å². The van der Waals surface area contributed by atoms with E-state index in [1.807, 2.05) is 24.3 Å². The Bertz CT molecular complexity index is 579. The van der Waals surface area contributed by atoms with Crippen molar-refractivity contribution in [1.29, 1.82) is 0 Å². The van der Waals surface area contributed by atoms with E-state index in [1.54, 1.807) is 12.0 Å². The van der Waals surface area contributed by atoms with Gasteiger partial charge in [0.25, 0.3) is 5.91 Å². The van der Waals surface area contributed by atoms with E-state index in [4.69, 9.17) is 9.47 Å². The van der Waals surface area contributed by atoms with Crippen LogP contribution in [0.2, 0.25) is 0 Å². The van der Waals surface area contributed by atoms with E-state index in [0.29, 0.717) is 13.2 Å². The van der Waals surface area contributed by atoms with Crippen molar-refractivity contribution in [1.82, 2.24) is 4.90 Å². The molecule has 23 heavy (non-hydrogen) atoms. The van der Waals surface area contributed by atoms with Crippen molar-refractivity contribution in [2.24, 2.45) is 5.92 Å². The lowest BCUT2D eigenvalue weighted by molar-refractivity contribution is -0.143. The molecule has 1 unspecified atom stereocenters. The number of rotatable bonds is 4. The number of aliphatic carboxylic acids is 1. The topological polar surface area (TPSA) is 76.1 Å². The molecule has 1 N–H and O–H groups in total. The standard InChI is InChI=1S/C17H21NO5/c1-22-12-6-4-11(5-7-12)13-9-18(10-14(13)17(20)21)16(19)15-3-2-8-23-15/h4-7,13-15H,2-3,8-10H2,1H3,(H,20,21)/t13-,14+,15?/m0/s1. The fourth-order valence-corrected chi connectivity index (χ4v) is 3.40. The van der Waals surface area contributed by atoms with Crippen LogP contribution in [0.3, 0.4) is 0 Å². The molecule has 6 heteroatoms. The molecule has 3 atom stereocenters. The second-order valence-electron chi connectivity index (χ2n) is 6.07. The number of carbonyl (C=O) groups excluding carboxylic acids is 1. The molecule has 2 aliphatic rings. The number of amides is 1. The number of benzene rings is 1. The smallest absolute Gasteiger partial charge is 0.308 e. The van der Waals surface area contributed by atoms with Gasteiger partial charge in [-0.1, -0.05) is 12.1 Å². The van der Waals surface area contributed by atoms with Crippen molar-refractivity contribution < 1.29 is 24.2 Å². The van der Waals surface area contributed by atoms with E-state index in [1.165, 1.54) is 0 Å². The SMILES string of the molecule is COc1ccc([C@@H]2CN(C(=O)C3CCCO3)C[C@H]2C(=O)O)cc1. The number of ether oxygens (including phenoxy) is 2. The van der Waals surface area contributed by atoms with Crippen LogP contribution in [0.5, 0.6) is 5.75 Å². The molecule has 0 spiro atoms. The summed E-state index contributed by atoms with van der Waals surface area (Å²) in [4.78, 5) is 25.7. The minimum Gasteiger partial charge on any atom is -0.497 e. The van der Waals surface area contributed by atoms with Gasteiger partial charge in [-0.2, -0.15) is 0 Å². The van der Waals surface area contributed by atoms with Gasteiger partial charge in [0, 0.05) is 25.6 Å². The minimum atomic E-state index is -0.867. The van der Waals surface area contributed by atoms with Gasteiger partial charge < -0.3 is 19.5 Å².